The maximum absolute atomic E-state index is 12.0. The fourth-order valence-corrected chi connectivity index (χ4v) is 2.75. The first-order valence-electron chi connectivity index (χ1n) is 6.31. The van der Waals surface area contributed by atoms with Crippen LogP contribution in [0.5, 0.6) is 11.5 Å². The highest BCUT2D eigenvalue weighted by molar-refractivity contribution is 7.11. The molecule has 1 N–H and O–H groups in total. The van der Waals surface area contributed by atoms with Crippen LogP contribution in [0.1, 0.15) is 20.2 Å². The van der Waals surface area contributed by atoms with Gasteiger partial charge in [0.25, 0.3) is 5.91 Å². The van der Waals surface area contributed by atoms with Crippen LogP contribution >= 0.6 is 11.3 Å². The maximum Gasteiger partial charge on any atom is 0.251 e. The van der Waals surface area contributed by atoms with Crippen LogP contribution in [-0.2, 0) is 6.42 Å². The molecule has 0 saturated heterocycles. The number of carbonyl (C=O) groups is 1. The summed E-state index contributed by atoms with van der Waals surface area (Å²) in [5.41, 5.74) is 0.578. The van der Waals surface area contributed by atoms with Crippen molar-refractivity contribution in [3.63, 3.8) is 0 Å². The Hall–Kier alpha value is -2.08. The van der Waals surface area contributed by atoms with Crippen molar-refractivity contribution in [1.29, 1.82) is 0 Å². The molecular formula is C14H14N2O3S. The molecule has 1 aliphatic heterocycles. The van der Waals surface area contributed by atoms with Crippen LogP contribution in [0.4, 0.5) is 0 Å². The van der Waals surface area contributed by atoms with Crippen LogP contribution in [0.3, 0.4) is 0 Å². The Balaban J connectivity index is 1.56. The molecule has 1 amide bonds. The molecule has 3 rings (SSSR count). The van der Waals surface area contributed by atoms with Gasteiger partial charge < -0.3 is 14.8 Å². The number of benzene rings is 1. The SMILES string of the molecule is Cc1ncc(CCNC(=O)c2ccc3c(c2)OCO3)s1. The topological polar surface area (TPSA) is 60.5 Å². The molecule has 0 radical (unpaired) electrons. The third-order valence-corrected chi connectivity index (χ3v) is 3.93. The number of nitrogens with one attached hydrogen (secondary N) is 1. The normalized spacial score (nSPS) is 12.4. The maximum atomic E-state index is 12.0. The van der Waals surface area contributed by atoms with Crippen LogP contribution in [-0.4, -0.2) is 24.2 Å². The first kappa shape index (κ1) is 12.9. The smallest absolute Gasteiger partial charge is 0.251 e. The number of carbonyl (C=O) groups excluding carboxylic acids is 1. The van der Waals surface area contributed by atoms with Gasteiger partial charge in [-0.1, -0.05) is 0 Å². The Morgan fingerprint density at radius 1 is 1.40 bits per heavy atom. The third kappa shape index (κ3) is 2.75. The van der Waals surface area contributed by atoms with E-state index < -0.39 is 0 Å². The molecule has 2 heterocycles. The number of amides is 1. The largest absolute Gasteiger partial charge is 0.454 e. The van der Waals surface area contributed by atoms with E-state index >= 15 is 0 Å². The van der Waals surface area contributed by atoms with Crippen molar-refractivity contribution in [3.05, 3.63) is 39.8 Å². The summed E-state index contributed by atoms with van der Waals surface area (Å²) in [7, 11) is 0. The summed E-state index contributed by atoms with van der Waals surface area (Å²) < 4.78 is 10.5. The van der Waals surface area contributed by atoms with E-state index in [4.69, 9.17) is 9.47 Å². The molecule has 0 bridgehead atoms. The number of thiazole rings is 1. The molecule has 0 spiro atoms. The van der Waals surface area contributed by atoms with Gasteiger partial charge in [0.1, 0.15) is 0 Å². The zero-order valence-electron chi connectivity index (χ0n) is 11.0. The van der Waals surface area contributed by atoms with Crippen LogP contribution in [0.2, 0.25) is 0 Å². The summed E-state index contributed by atoms with van der Waals surface area (Å²) in [6.07, 6.45) is 2.65. The zero-order valence-corrected chi connectivity index (χ0v) is 11.8. The summed E-state index contributed by atoms with van der Waals surface area (Å²) in [6, 6.07) is 5.19. The molecule has 1 aliphatic rings. The number of nitrogens with zero attached hydrogens (tertiary/aromatic N) is 1. The van der Waals surface area contributed by atoms with Crippen molar-refractivity contribution < 1.29 is 14.3 Å². The molecule has 2 aromatic rings. The number of hydrogen-bond acceptors (Lipinski definition) is 5. The summed E-state index contributed by atoms with van der Waals surface area (Å²) in [4.78, 5) is 17.4. The number of fused-ring (bicyclic) bond motifs is 1. The lowest BCUT2D eigenvalue weighted by molar-refractivity contribution is 0.0953. The van der Waals surface area contributed by atoms with Gasteiger partial charge in [-0.3, -0.25) is 4.79 Å². The Bertz CT molecular complexity index is 639. The molecule has 5 nitrogen and oxygen atoms in total. The molecule has 0 fully saturated rings. The summed E-state index contributed by atoms with van der Waals surface area (Å²) in [5, 5.41) is 3.94. The van der Waals surface area contributed by atoms with E-state index in [0.717, 1.165) is 11.4 Å². The number of aryl methyl sites for hydroxylation is 1. The van der Waals surface area contributed by atoms with Crippen molar-refractivity contribution in [2.24, 2.45) is 0 Å². The zero-order chi connectivity index (χ0) is 13.9. The quantitative estimate of drug-likeness (QED) is 0.937. The second kappa shape index (κ2) is 5.50. The molecule has 104 valence electrons. The van der Waals surface area contributed by atoms with Gasteiger partial charge in [-0.2, -0.15) is 0 Å². The van der Waals surface area contributed by atoms with E-state index in [1.54, 1.807) is 29.5 Å². The highest BCUT2D eigenvalue weighted by atomic mass is 32.1. The van der Waals surface area contributed by atoms with Gasteiger partial charge in [0.2, 0.25) is 6.79 Å². The molecule has 1 aromatic heterocycles. The van der Waals surface area contributed by atoms with Crippen molar-refractivity contribution in [2.75, 3.05) is 13.3 Å². The lowest BCUT2D eigenvalue weighted by Gasteiger charge is -2.05. The van der Waals surface area contributed by atoms with Crippen LogP contribution in [0, 0.1) is 6.92 Å². The Morgan fingerprint density at radius 3 is 3.05 bits per heavy atom. The molecule has 6 heteroatoms. The average molecular weight is 290 g/mol. The minimum Gasteiger partial charge on any atom is -0.454 e. The van der Waals surface area contributed by atoms with Gasteiger partial charge in [-0.15, -0.1) is 11.3 Å². The molecule has 0 aliphatic carbocycles. The second-order valence-corrected chi connectivity index (χ2v) is 5.74. The Kier molecular flexibility index (Phi) is 3.56. The second-order valence-electron chi connectivity index (χ2n) is 4.42. The lowest BCUT2D eigenvalue weighted by Crippen LogP contribution is -2.25. The first-order valence-corrected chi connectivity index (χ1v) is 7.13. The van der Waals surface area contributed by atoms with Crippen molar-refractivity contribution in [3.8, 4) is 11.5 Å². The van der Waals surface area contributed by atoms with Crippen molar-refractivity contribution in [2.45, 2.75) is 13.3 Å². The predicted octanol–water partition coefficient (Wildman–Crippen LogP) is 2.15. The summed E-state index contributed by atoms with van der Waals surface area (Å²) in [6.45, 7) is 2.78. The number of aromatic nitrogens is 1. The first-order chi connectivity index (χ1) is 9.72. The van der Waals surface area contributed by atoms with Gasteiger partial charge in [-0.25, -0.2) is 4.98 Å². The molecular weight excluding hydrogens is 276 g/mol. The van der Waals surface area contributed by atoms with E-state index in [2.05, 4.69) is 10.3 Å². The fourth-order valence-electron chi connectivity index (χ4n) is 1.96. The van der Waals surface area contributed by atoms with Gasteiger partial charge in [0.05, 0.1) is 5.01 Å². The monoisotopic (exact) mass is 290 g/mol. The van der Waals surface area contributed by atoms with Gasteiger partial charge in [-0.05, 0) is 25.1 Å². The van der Waals surface area contributed by atoms with Crippen LogP contribution < -0.4 is 14.8 Å². The number of ether oxygens (including phenoxy) is 2. The highest BCUT2D eigenvalue weighted by Crippen LogP contribution is 2.32. The minimum absolute atomic E-state index is 0.107. The average Bonchev–Trinajstić information content (AvgIpc) is 3.06. The van der Waals surface area contributed by atoms with Crippen molar-refractivity contribution in [1.82, 2.24) is 10.3 Å². The van der Waals surface area contributed by atoms with E-state index in [0.29, 0.717) is 23.6 Å². The van der Waals surface area contributed by atoms with E-state index in [1.807, 2.05) is 13.1 Å². The molecule has 0 atom stereocenters. The van der Waals surface area contributed by atoms with Crippen LogP contribution in [0.15, 0.2) is 24.4 Å². The van der Waals surface area contributed by atoms with E-state index in [9.17, 15) is 4.79 Å². The summed E-state index contributed by atoms with van der Waals surface area (Å²) in [5.74, 6) is 1.20. The highest BCUT2D eigenvalue weighted by Gasteiger charge is 2.15. The van der Waals surface area contributed by atoms with Gasteiger partial charge >= 0.3 is 0 Å². The van der Waals surface area contributed by atoms with Gasteiger partial charge in [0.15, 0.2) is 11.5 Å². The van der Waals surface area contributed by atoms with Gasteiger partial charge in [0, 0.05) is 29.6 Å². The summed E-state index contributed by atoms with van der Waals surface area (Å²) >= 11 is 1.65. The van der Waals surface area contributed by atoms with Crippen LogP contribution in [0.25, 0.3) is 0 Å². The Morgan fingerprint density at radius 2 is 2.25 bits per heavy atom. The third-order valence-electron chi connectivity index (χ3n) is 2.96. The predicted molar refractivity (Wildman–Crippen MR) is 75.5 cm³/mol. The van der Waals surface area contributed by atoms with E-state index in [-0.39, 0.29) is 12.7 Å². The minimum atomic E-state index is -0.107. The van der Waals surface area contributed by atoms with Crippen molar-refractivity contribution >= 4 is 17.2 Å². The standard InChI is InChI=1S/C14H14N2O3S/c1-9-16-7-11(20-9)4-5-15-14(17)10-2-3-12-13(6-10)19-8-18-12/h2-3,6-7H,4-5,8H2,1H3,(H,15,17). The lowest BCUT2D eigenvalue weighted by atomic mass is 10.2. The molecule has 0 unspecified atom stereocenters. The molecule has 0 saturated carbocycles. The number of rotatable bonds is 4. The fraction of sp³-hybridized carbons (Fsp3) is 0.286. The Labute approximate surface area is 120 Å². The van der Waals surface area contributed by atoms with E-state index in [1.165, 1.54) is 4.88 Å². The number of hydrogen-bond donors (Lipinski definition) is 1. The molecule has 20 heavy (non-hydrogen) atoms. The molecule has 1 aromatic carbocycles.